The molecule has 29 heavy (non-hydrogen) atoms. The molecular formula is C22H29NO6. The fourth-order valence-corrected chi connectivity index (χ4v) is 3.56. The summed E-state index contributed by atoms with van der Waals surface area (Å²) in [4.78, 5) is 24.5. The number of fused-ring (bicyclic) bond motifs is 1. The van der Waals surface area contributed by atoms with Gasteiger partial charge in [0.25, 0.3) is 5.91 Å². The maximum absolute atomic E-state index is 12.3. The van der Waals surface area contributed by atoms with E-state index in [9.17, 15) is 9.59 Å². The molecule has 1 heterocycles. The van der Waals surface area contributed by atoms with Crippen LogP contribution in [0.3, 0.4) is 0 Å². The summed E-state index contributed by atoms with van der Waals surface area (Å²) in [5.74, 6) is 0.829. The van der Waals surface area contributed by atoms with Crippen molar-refractivity contribution in [2.75, 3.05) is 20.3 Å². The Morgan fingerprint density at radius 2 is 1.86 bits per heavy atom. The van der Waals surface area contributed by atoms with Crippen molar-refractivity contribution in [1.29, 1.82) is 0 Å². The first kappa shape index (κ1) is 21.0. The van der Waals surface area contributed by atoms with Gasteiger partial charge in [-0.1, -0.05) is 25.7 Å². The molecule has 0 aromatic heterocycles. The van der Waals surface area contributed by atoms with Crippen LogP contribution in [0.25, 0.3) is 6.08 Å². The minimum atomic E-state index is -0.842. The summed E-state index contributed by atoms with van der Waals surface area (Å²) in [6.45, 7) is 2.51. The molecule has 1 saturated carbocycles. The molecule has 1 fully saturated rings. The van der Waals surface area contributed by atoms with E-state index in [1.165, 1.54) is 18.9 Å². The molecule has 0 radical (unpaired) electrons. The van der Waals surface area contributed by atoms with Crippen LogP contribution in [0.5, 0.6) is 17.2 Å². The van der Waals surface area contributed by atoms with Crippen molar-refractivity contribution in [2.45, 2.75) is 57.6 Å². The van der Waals surface area contributed by atoms with Gasteiger partial charge in [-0.15, -0.1) is 0 Å². The SMILES string of the molecule is COc1cc(/C=C/C(=O)O[C@H](C)C(=O)NC2CCCCCC2)cc2c1OCCO2. The number of rotatable bonds is 6. The lowest BCUT2D eigenvalue weighted by molar-refractivity contribution is -0.150. The average molecular weight is 403 g/mol. The van der Waals surface area contributed by atoms with E-state index >= 15 is 0 Å². The highest BCUT2D eigenvalue weighted by Crippen LogP contribution is 2.40. The molecule has 7 nitrogen and oxygen atoms in total. The van der Waals surface area contributed by atoms with Crippen LogP contribution in [0.15, 0.2) is 18.2 Å². The van der Waals surface area contributed by atoms with Gasteiger partial charge in [0.1, 0.15) is 13.2 Å². The summed E-state index contributed by atoms with van der Waals surface area (Å²) >= 11 is 0. The van der Waals surface area contributed by atoms with Crippen LogP contribution >= 0.6 is 0 Å². The topological polar surface area (TPSA) is 83.1 Å². The van der Waals surface area contributed by atoms with Gasteiger partial charge in [-0.05, 0) is 43.5 Å². The zero-order valence-electron chi connectivity index (χ0n) is 17.1. The number of amides is 1. The lowest BCUT2D eigenvalue weighted by atomic mass is 10.1. The fourth-order valence-electron chi connectivity index (χ4n) is 3.56. The third kappa shape index (κ3) is 5.89. The van der Waals surface area contributed by atoms with E-state index in [1.54, 1.807) is 32.2 Å². The van der Waals surface area contributed by atoms with E-state index < -0.39 is 12.1 Å². The van der Waals surface area contributed by atoms with Crippen LogP contribution in [0, 0.1) is 0 Å². The molecule has 0 saturated heterocycles. The summed E-state index contributed by atoms with van der Waals surface area (Å²) < 4.78 is 21.7. The Morgan fingerprint density at radius 1 is 1.14 bits per heavy atom. The van der Waals surface area contributed by atoms with Gasteiger partial charge in [0.15, 0.2) is 17.6 Å². The second-order valence-corrected chi connectivity index (χ2v) is 7.36. The Kier molecular flexibility index (Phi) is 7.38. The van der Waals surface area contributed by atoms with Crippen LogP contribution in [0.4, 0.5) is 0 Å². The normalized spacial score (nSPS) is 18.0. The molecule has 1 amide bonds. The smallest absolute Gasteiger partial charge is 0.331 e. The summed E-state index contributed by atoms with van der Waals surface area (Å²) in [6.07, 6.45) is 8.70. The highest BCUT2D eigenvalue weighted by atomic mass is 16.6. The third-order valence-electron chi connectivity index (χ3n) is 5.13. The zero-order valence-corrected chi connectivity index (χ0v) is 17.1. The first-order valence-corrected chi connectivity index (χ1v) is 10.2. The number of benzene rings is 1. The molecule has 2 aliphatic rings. The minimum Gasteiger partial charge on any atom is -0.493 e. The molecule has 7 heteroatoms. The largest absolute Gasteiger partial charge is 0.493 e. The van der Waals surface area contributed by atoms with Gasteiger partial charge in [0.05, 0.1) is 7.11 Å². The maximum atomic E-state index is 12.3. The van der Waals surface area contributed by atoms with Crippen LogP contribution in [-0.2, 0) is 14.3 Å². The van der Waals surface area contributed by atoms with Crippen molar-refractivity contribution >= 4 is 18.0 Å². The summed E-state index contributed by atoms with van der Waals surface area (Å²) in [7, 11) is 1.55. The number of carbonyl (C=O) groups is 2. The Balaban J connectivity index is 1.55. The summed E-state index contributed by atoms with van der Waals surface area (Å²) in [5.41, 5.74) is 0.707. The molecule has 3 rings (SSSR count). The van der Waals surface area contributed by atoms with Crippen molar-refractivity contribution in [3.05, 3.63) is 23.8 Å². The third-order valence-corrected chi connectivity index (χ3v) is 5.13. The van der Waals surface area contributed by atoms with E-state index in [1.807, 2.05) is 0 Å². The molecule has 0 bridgehead atoms. The van der Waals surface area contributed by atoms with Crippen LogP contribution in [0.1, 0.15) is 51.0 Å². The zero-order chi connectivity index (χ0) is 20.6. The second kappa shape index (κ2) is 10.2. The van der Waals surface area contributed by atoms with Crippen molar-refractivity contribution in [2.24, 2.45) is 0 Å². The quantitative estimate of drug-likeness (QED) is 0.446. The molecule has 0 unspecified atom stereocenters. The number of nitrogens with one attached hydrogen (secondary N) is 1. The molecule has 1 aromatic carbocycles. The van der Waals surface area contributed by atoms with Crippen LogP contribution < -0.4 is 19.5 Å². The van der Waals surface area contributed by atoms with Gasteiger partial charge < -0.3 is 24.3 Å². The highest BCUT2D eigenvalue weighted by Gasteiger charge is 2.21. The van der Waals surface area contributed by atoms with Crippen LogP contribution in [-0.4, -0.2) is 44.3 Å². The molecule has 1 aliphatic heterocycles. The van der Waals surface area contributed by atoms with Crippen molar-refractivity contribution < 1.29 is 28.5 Å². The van der Waals surface area contributed by atoms with Gasteiger partial charge in [0, 0.05) is 12.1 Å². The van der Waals surface area contributed by atoms with E-state index in [0.717, 1.165) is 25.7 Å². The number of methoxy groups -OCH3 is 1. The first-order valence-electron chi connectivity index (χ1n) is 10.2. The van der Waals surface area contributed by atoms with Gasteiger partial charge in [-0.2, -0.15) is 0 Å². The van der Waals surface area contributed by atoms with Crippen molar-refractivity contribution in [3.63, 3.8) is 0 Å². The van der Waals surface area contributed by atoms with Gasteiger partial charge in [-0.3, -0.25) is 4.79 Å². The average Bonchev–Trinajstić information content (AvgIpc) is 3.00. The molecule has 1 atom stereocenters. The standard InChI is InChI=1S/C22H29NO6/c1-15(22(25)23-17-7-5-3-4-6-8-17)29-20(24)10-9-16-13-18(26-2)21-19(14-16)27-11-12-28-21/h9-10,13-15,17H,3-8,11-12H2,1-2H3,(H,23,25)/b10-9+/t15-/m1/s1. The second-order valence-electron chi connectivity index (χ2n) is 7.36. The van der Waals surface area contributed by atoms with E-state index in [2.05, 4.69) is 5.32 Å². The van der Waals surface area contributed by atoms with Gasteiger partial charge >= 0.3 is 5.97 Å². The summed E-state index contributed by atoms with van der Waals surface area (Å²) in [5, 5.41) is 3.00. The lowest BCUT2D eigenvalue weighted by Gasteiger charge is -2.21. The molecule has 1 N–H and O–H groups in total. The number of hydrogen-bond donors (Lipinski definition) is 1. The number of esters is 1. The van der Waals surface area contributed by atoms with Crippen molar-refractivity contribution in [1.82, 2.24) is 5.32 Å². The van der Waals surface area contributed by atoms with Gasteiger partial charge in [0.2, 0.25) is 5.75 Å². The molecule has 1 aliphatic carbocycles. The Labute approximate surface area is 171 Å². The number of ether oxygens (including phenoxy) is 4. The Morgan fingerprint density at radius 3 is 2.59 bits per heavy atom. The number of carbonyl (C=O) groups excluding carboxylic acids is 2. The fraction of sp³-hybridized carbons (Fsp3) is 0.545. The van der Waals surface area contributed by atoms with E-state index in [4.69, 9.17) is 18.9 Å². The predicted octanol–water partition coefficient (Wildman–Crippen LogP) is 3.25. The molecule has 158 valence electrons. The van der Waals surface area contributed by atoms with E-state index in [-0.39, 0.29) is 11.9 Å². The molecule has 1 aromatic rings. The maximum Gasteiger partial charge on any atom is 0.331 e. The Bertz CT molecular complexity index is 735. The highest BCUT2D eigenvalue weighted by molar-refractivity contribution is 5.90. The number of hydrogen-bond acceptors (Lipinski definition) is 6. The lowest BCUT2D eigenvalue weighted by Crippen LogP contribution is -2.41. The van der Waals surface area contributed by atoms with Crippen molar-refractivity contribution in [3.8, 4) is 17.2 Å². The van der Waals surface area contributed by atoms with Crippen LogP contribution in [0.2, 0.25) is 0 Å². The molecular weight excluding hydrogens is 374 g/mol. The monoisotopic (exact) mass is 403 g/mol. The first-order chi connectivity index (χ1) is 14.1. The summed E-state index contributed by atoms with van der Waals surface area (Å²) in [6, 6.07) is 3.69. The molecule has 0 spiro atoms. The Hall–Kier alpha value is -2.70. The predicted molar refractivity (Wildman–Crippen MR) is 108 cm³/mol. The van der Waals surface area contributed by atoms with E-state index in [0.29, 0.717) is 36.0 Å². The van der Waals surface area contributed by atoms with Gasteiger partial charge in [-0.25, -0.2) is 4.79 Å². The minimum absolute atomic E-state index is 0.173.